The van der Waals surface area contributed by atoms with Gasteiger partial charge < -0.3 is 5.11 Å². The van der Waals surface area contributed by atoms with Crippen molar-refractivity contribution in [3.63, 3.8) is 0 Å². The lowest BCUT2D eigenvalue weighted by molar-refractivity contribution is -0.142. The van der Waals surface area contributed by atoms with E-state index in [0.717, 1.165) is 29.3 Å². The number of benzene rings is 1. The molecule has 0 heterocycles. The third kappa shape index (κ3) is 5.67. The van der Waals surface area contributed by atoms with Crippen LogP contribution in [0, 0.1) is 5.92 Å². The molecule has 0 saturated heterocycles. The minimum absolute atomic E-state index is 0.247. The summed E-state index contributed by atoms with van der Waals surface area (Å²) in [6.45, 7) is 2.16. The van der Waals surface area contributed by atoms with Gasteiger partial charge in [-0.1, -0.05) is 60.7 Å². The first kappa shape index (κ1) is 15.2. The summed E-state index contributed by atoms with van der Waals surface area (Å²) >= 11 is 3.38. The Labute approximate surface area is 118 Å². The smallest absolute Gasteiger partial charge is 0.306 e. The second-order valence-electron chi connectivity index (χ2n) is 4.72. The van der Waals surface area contributed by atoms with Crippen molar-refractivity contribution in [1.29, 1.82) is 0 Å². The number of hydrogen-bond donors (Lipinski definition) is 1. The van der Waals surface area contributed by atoms with Crippen LogP contribution in [0.2, 0.25) is 0 Å². The van der Waals surface area contributed by atoms with Crippen LogP contribution in [-0.2, 0) is 11.2 Å². The molecule has 0 fully saturated rings. The number of rotatable bonds is 8. The third-order valence-corrected chi connectivity index (χ3v) is 3.68. The highest BCUT2D eigenvalue weighted by atomic mass is 79.9. The van der Waals surface area contributed by atoms with Gasteiger partial charge in [0.1, 0.15) is 0 Å². The molecule has 0 amide bonds. The van der Waals surface area contributed by atoms with Gasteiger partial charge in [0.25, 0.3) is 0 Å². The highest BCUT2D eigenvalue weighted by Crippen LogP contribution is 2.18. The molecule has 0 aliphatic heterocycles. The highest BCUT2D eigenvalue weighted by Gasteiger charge is 2.17. The summed E-state index contributed by atoms with van der Waals surface area (Å²) in [6.07, 6.45) is 5.96. The van der Waals surface area contributed by atoms with Crippen molar-refractivity contribution in [2.45, 2.75) is 45.4 Å². The molecule has 1 unspecified atom stereocenters. The van der Waals surface area contributed by atoms with Crippen LogP contribution in [-0.4, -0.2) is 11.1 Å². The Morgan fingerprint density at radius 2 is 1.89 bits per heavy atom. The Hall–Kier alpha value is -0.830. The molecule has 18 heavy (non-hydrogen) atoms. The van der Waals surface area contributed by atoms with Crippen LogP contribution in [0.5, 0.6) is 0 Å². The van der Waals surface area contributed by atoms with Crippen LogP contribution >= 0.6 is 15.9 Å². The topological polar surface area (TPSA) is 37.3 Å². The summed E-state index contributed by atoms with van der Waals surface area (Å²) in [5.41, 5.74) is 1.10. The molecular formula is C15H21BrO2. The molecule has 2 nitrogen and oxygen atoms in total. The number of carboxylic acid groups (broad SMARTS) is 1. The van der Waals surface area contributed by atoms with Gasteiger partial charge in [-0.25, -0.2) is 0 Å². The molecule has 1 aromatic rings. The maximum Gasteiger partial charge on any atom is 0.306 e. The third-order valence-electron chi connectivity index (χ3n) is 3.15. The van der Waals surface area contributed by atoms with E-state index in [2.05, 4.69) is 22.9 Å². The monoisotopic (exact) mass is 312 g/mol. The number of aliphatic carboxylic acids is 1. The van der Waals surface area contributed by atoms with Gasteiger partial charge in [-0.05, 0) is 30.5 Å². The van der Waals surface area contributed by atoms with Crippen molar-refractivity contribution in [2.24, 2.45) is 5.92 Å². The molecule has 1 atom stereocenters. The molecular weight excluding hydrogens is 292 g/mol. The van der Waals surface area contributed by atoms with Crippen LogP contribution in [0.4, 0.5) is 0 Å². The molecule has 100 valence electrons. The van der Waals surface area contributed by atoms with Gasteiger partial charge in [0.15, 0.2) is 0 Å². The molecule has 0 aliphatic carbocycles. The zero-order valence-electron chi connectivity index (χ0n) is 10.9. The lowest BCUT2D eigenvalue weighted by atomic mass is 9.94. The Morgan fingerprint density at radius 1 is 1.22 bits per heavy atom. The average Bonchev–Trinajstić information content (AvgIpc) is 2.35. The van der Waals surface area contributed by atoms with E-state index in [9.17, 15) is 9.90 Å². The van der Waals surface area contributed by atoms with Crippen LogP contribution in [0.15, 0.2) is 28.7 Å². The van der Waals surface area contributed by atoms with Gasteiger partial charge in [-0.15, -0.1) is 0 Å². The quantitative estimate of drug-likeness (QED) is 0.709. The van der Waals surface area contributed by atoms with E-state index in [0.29, 0.717) is 6.42 Å². The van der Waals surface area contributed by atoms with Gasteiger partial charge in [0.2, 0.25) is 0 Å². The van der Waals surface area contributed by atoms with Crippen molar-refractivity contribution >= 4 is 21.9 Å². The van der Waals surface area contributed by atoms with E-state index in [1.165, 1.54) is 12.8 Å². The first-order valence-electron chi connectivity index (χ1n) is 6.60. The first-order chi connectivity index (χ1) is 8.63. The van der Waals surface area contributed by atoms with Gasteiger partial charge in [0.05, 0.1) is 5.92 Å². The number of hydrogen-bond acceptors (Lipinski definition) is 1. The maximum atomic E-state index is 11.2. The van der Waals surface area contributed by atoms with E-state index in [1.54, 1.807) is 0 Å². The molecule has 1 rings (SSSR count). The standard InChI is InChI=1S/C15H21BrO2/c1-2-3-4-5-6-13(15(17)18)11-12-7-9-14(16)10-8-12/h7-10,13H,2-6,11H2,1H3,(H,17,18). The van der Waals surface area contributed by atoms with E-state index >= 15 is 0 Å². The zero-order valence-corrected chi connectivity index (χ0v) is 12.4. The molecule has 0 bridgehead atoms. The summed E-state index contributed by atoms with van der Waals surface area (Å²) < 4.78 is 1.03. The predicted octanol–water partition coefficient (Wildman–Crippen LogP) is 4.66. The Kier molecular flexibility index (Phi) is 7.02. The van der Waals surface area contributed by atoms with E-state index in [-0.39, 0.29) is 5.92 Å². The molecule has 0 aromatic heterocycles. The lowest BCUT2D eigenvalue weighted by Gasteiger charge is -2.12. The number of halogens is 1. The fraction of sp³-hybridized carbons (Fsp3) is 0.533. The SMILES string of the molecule is CCCCCCC(Cc1ccc(Br)cc1)C(=O)O. The average molecular weight is 313 g/mol. The normalized spacial score (nSPS) is 12.3. The Morgan fingerprint density at radius 3 is 2.44 bits per heavy atom. The fourth-order valence-electron chi connectivity index (χ4n) is 2.04. The van der Waals surface area contributed by atoms with E-state index in [1.807, 2.05) is 24.3 Å². The maximum absolute atomic E-state index is 11.2. The summed E-state index contributed by atoms with van der Waals surface area (Å²) in [6, 6.07) is 7.91. The first-order valence-corrected chi connectivity index (χ1v) is 7.40. The van der Waals surface area contributed by atoms with Crippen molar-refractivity contribution in [3.8, 4) is 0 Å². The zero-order chi connectivity index (χ0) is 13.4. The van der Waals surface area contributed by atoms with Crippen LogP contribution in [0.1, 0.15) is 44.6 Å². The highest BCUT2D eigenvalue weighted by molar-refractivity contribution is 9.10. The van der Waals surface area contributed by atoms with Crippen LogP contribution in [0.3, 0.4) is 0 Å². The molecule has 3 heteroatoms. The van der Waals surface area contributed by atoms with Crippen molar-refractivity contribution in [3.05, 3.63) is 34.3 Å². The molecule has 0 radical (unpaired) electrons. The minimum Gasteiger partial charge on any atom is -0.481 e. The summed E-state index contributed by atoms with van der Waals surface area (Å²) in [5.74, 6) is -0.919. The second-order valence-corrected chi connectivity index (χ2v) is 5.63. The summed E-state index contributed by atoms with van der Waals surface area (Å²) in [4.78, 5) is 11.2. The van der Waals surface area contributed by atoms with Crippen molar-refractivity contribution in [2.75, 3.05) is 0 Å². The largest absolute Gasteiger partial charge is 0.481 e. The van der Waals surface area contributed by atoms with Crippen molar-refractivity contribution < 1.29 is 9.90 Å². The molecule has 0 aliphatic rings. The second kappa shape index (κ2) is 8.30. The number of unbranched alkanes of at least 4 members (excludes halogenated alkanes) is 3. The lowest BCUT2D eigenvalue weighted by Crippen LogP contribution is -2.16. The summed E-state index contributed by atoms with van der Waals surface area (Å²) in [7, 11) is 0. The van der Waals surface area contributed by atoms with Crippen molar-refractivity contribution in [1.82, 2.24) is 0 Å². The predicted molar refractivity (Wildman–Crippen MR) is 77.7 cm³/mol. The minimum atomic E-state index is -0.672. The van der Waals surface area contributed by atoms with Crippen LogP contribution < -0.4 is 0 Å². The molecule has 1 aromatic carbocycles. The van der Waals surface area contributed by atoms with E-state index < -0.39 is 5.97 Å². The molecule has 0 saturated carbocycles. The molecule has 1 N–H and O–H groups in total. The number of carboxylic acids is 1. The Balaban J connectivity index is 2.47. The fourth-order valence-corrected chi connectivity index (χ4v) is 2.30. The van der Waals surface area contributed by atoms with Gasteiger partial charge in [0, 0.05) is 4.47 Å². The Bertz CT molecular complexity index is 359. The van der Waals surface area contributed by atoms with Gasteiger partial charge in [-0.2, -0.15) is 0 Å². The van der Waals surface area contributed by atoms with Crippen LogP contribution in [0.25, 0.3) is 0 Å². The summed E-state index contributed by atoms with van der Waals surface area (Å²) in [5, 5.41) is 9.24. The van der Waals surface area contributed by atoms with Gasteiger partial charge >= 0.3 is 5.97 Å². The van der Waals surface area contributed by atoms with Gasteiger partial charge in [-0.3, -0.25) is 4.79 Å². The molecule has 0 spiro atoms. The number of carbonyl (C=O) groups is 1. The van der Waals surface area contributed by atoms with E-state index in [4.69, 9.17) is 0 Å².